The van der Waals surface area contributed by atoms with Crippen LogP contribution in [0.5, 0.6) is 0 Å². The van der Waals surface area contributed by atoms with Crippen molar-refractivity contribution in [1.29, 1.82) is 0 Å². The first kappa shape index (κ1) is 22.7. The van der Waals surface area contributed by atoms with Crippen LogP contribution in [-0.4, -0.2) is 40.6 Å². The molecule has 3 N–H and O–H groups in total. The molecule has 1 aromatic carbocycles. The number of hydrogen-bond acceptors (Lipinski definition) is 5. The van der Waals surface area contributed by atoms with Crippen LogP contribution in [0.15, 0.2) is 67.5 Å². The second-order valence-electron chi connectivity index (χ2n) is 9.64. The van der Waals surface area contributed by atoms with Crippen molar-refractivity contribution in [2.75, 3.05) is 5.32 Å². The lowest BCUT2D eigenvalue weighted by Crippen LogP contribution is -2.13. The van der Waals surface area contributed by atoms with Gasteiger partial charge in [-0.05, 0) is 48.7 Å². The van der Waals surface area contributed by atoms with E-state index < -0.39 is 0 Å². The Hall–Kier alpha value is -4.79. The average Bonchev–Trinajstić information content (AvgIpc) is 3.60. The van der Waals surface area contributed by atoms with Crippen LogP contribution in [0.25, 0.3) is 50.1 Å². The van der Waals surface area contributed by atoms with E-state index in [2.05, 4.69) is 47.6 Å². The summed E-state index contributed by atoms with van der Waals surface area (Å²) in [6, 6.07) is 12.1. The third kappa shape index (κ3) is 4.35. The largest absolute Gasteiger partial charge is 0.338 e. The molecule has 0 unspecified atom stereocenters. The zero-order chi connectivity index (χ0) is 25.5. The SMILES string of the molecule is Cc1cn(-c2ccnc3[nH]c(-c4n[nH]c5ccc(-c6cncc(NC(=O)CC(C)C)c6)cc45)cc23)cn1. The summed E-state index contributed by atoms with van der Waals surface area (Å²) in [6.07, 6.45) is 9.52. The molecule has 37 heavy (non-hydrogen) atoms. The zero-order valence-corrected chi connectivity index (χ0v) is 20.8. The van der Waals surface area contributed by atoms with Crippen LogP contribution in [-0.2, 0) is 4.79 Å². The van der Waals surface area contributed by atoms with E-state index in [0.717, 1.165) is 55.8 Å². The number of carbonyl (C=O) groups is 1. The molecule has 0 fully saturated rings. The summed E-state index contributed by atoms with van der Waals surface area (Å²) in [5, 5.41) is 12.7. The average molecular weight is 491 g/mol. The molecule has 5 aromatic heterocycles. The first-order chi connectivity index (χ1) is 17.9. The molecule has 0 aliphatic rings. The van der Waals surface area contributed by atoms with Crippen LogP contribution in [0.2, 0.25) is 0 Å². The van der Waals surface area contributed by atoms with Gasteiger partial charge in [0.2, 0.25) is 5.91 Å². The van der Waals surface area contributed by atoms with E-state index in [-0.39, 0.29) is 11.8 Å². The van der Waals surface area contributed by atoms with E-state index in [1.54, 1.807) is 24.9 Å². The predicted molar refractivity (Wildman–Crippen MR) is 144 cm³/mol. The quantitative estimate of drug-likeness (QED) is 0.279. The Balaban J connectivity index is 1.38. The molecule has 1 amide bonds. The Kier molecular flexibility index (Phi) is 5.52. The summed E-state index contributed by atoms with van der Waals surface area (Å²) in [6.45, 7) is 6.01. The lowest BCUT2D eigenvalue weighted by molar-refractivity contribution is -0.116. The van der Waals surface area contributed by atoms with Crippen molar-refractivity contribution in [1.82, 2.24) is 34.7 Å². The highest BCUT2D eigenvalue weighted by atomic mass is 16.1. The number of amides is 1. The number of benzene rings is 1. The van der Waals surface area contributed by atoms with E-state index >= 15 is 0 Å². The molecule has 0 aliphatic carbocycles. The lowest BCUT2D eigenvalue weighted by Gasteiger charge is -2.09. The van der Waals surface area contributed by atoms with Gasteiger partial charge in [-0.15, -0.1) is 0 Å². The van der Waals surface area contributed by atoms with Gasteiger partial charge in [-0.2, -0.15) is 5.10 Å². The number of nitrogens with one attached hydrogen (secondary N) is 3. The van der Waals surface area contributed by atoms with Gasteiger partial charge in [0.15, 0.2) is 0 Å². The summed E-state index contributed by atoms with van der Waals surface area (Å²) in [4.78, 5) is 28.9. The van der Waals surface area contributed by atoms with Crippen LogP contribution in [0.1, 0.15) is 26.0 Å². The summed E-state index contributed by atoms with van der Waals surface area (Å²) < 4.78 is 2.00. The molecule has 184 valence electrons. The van der Waals surface area contributed by atoms with Crippen LogP contribution < -0.4 is 5.32 Å². The number of hydrogen-bond donors (Lipinski definition) is 3. The lowest BCUT2D eigenvalue weighted by atomic mass is 10.0. The Morgan fingerprint density at radius 2 is 1.95 bits per heavy atom. The minimum absolute atomic E-state index is 0.0147. The van der Waals surface area contributed by atoms with Crippen molar-refractivity contribution in [3.8, 4) is 28.2 Å². The summed E-state index contributed by atoms with van der Waals surface area (Å²) in [5.41, 5.74) is 7.88. The molecule has 0 bridgehead atoms. The minimum Gasteiger partial charge on any atom is -0.338 e. The third-order valence-corrected chi connectivity index (χ3v) is 6.27. The number of fused-ring (bicyclic) bond motifs is 2. The van der Waals surface area contributed by atoms with E-state index in [9.17, 15) is 4.79 Å². The summed E-state index contributed by atoms with van der Waals surface area (Å²) in [7, 11) is 0. The topological polar surface area (TPSA) is 117 Å². The van der Waals surface area contributed by atoms with E-state index in [4.69, 9.17) is 0 Å². The van der Waals surface area contributed by atoms with Gasteiger partial charge in [-0.3, -0.25) is 14.9 Å². The molecule has 6 rings (SSSR count). The van der Waals surface area contributed by atoms with Crippen LogP contribution in [0.4, 0.5) is 5.69 Å². The second-order valence-corrected chi connectivity index (χ2v) is 9.64. The van der Waals surface area contributed by atoms with E-state index in [0.29, 0.717) is 12.1 Å². The van der Waals surface area contributed by atoms with Crippen molar-refractivity contribution >= 4 is 33.5 Å². The molecule has 0 atom stereocenters. The number of aryl methyl sites for hydroxylation is 1. The van der Waals surface area contributed by atoms with Crippen molar-refractivity contribution < 1.29 is 4.79 Å². The van der Waals surface area contributed by atoms with Gasteiger partial charge < -0.3 is 14.9 Å². The van der Waals surface area contributed by atoms with E-state index in [1.807, 2.05) is 55.8 Å². The third-order valence-electron chi connectivity index (χ3n) is 6.27. The first-order valence-electron chi connectivity index (χ1n) is 12.2. The van der Waals surface area contributed by atoms with Gasteiger partial charge in [-0.1, -0.05) is 19.9 Å². The monoisotopic (exact) mass is 490 g/mol. The second kappa shape index (κ2) is 9.02. The Labute approximate surface area is 213 Å². The molecular weight excluding hydrogens is 464 g/mol. The summed E-state index contributed by atoms with van der Waals surface area (Å²) in [5.74, 6) is 0.275. The highest BCUT2D eigenvalue weighted by Gasteiger charge is 2.15. The number of imidazole rings is 1. The predicted octanol–water partition coefficient (Wildman–Crippen LogP) is 5.65. The molecule has 9 nitrogen and oxygen atoms in total. The number of anilines is 1. The van der Waals surface area contributed by atoms with Crippen molar-refractivity contribution in [2.45, 2.75) is 27.2 Å². The molecule has 0 spiro atoms. The standard InChI is InChI=1S/C28H26N8O/c1-16(2)8-26(37)32-20-9-19(12-29-13-20)18-4-5-23-21(10-18)27(35-34-23)24-11-22-25(6-7-30-28(22)33-24)36-14-17(3)31-15-36/h4-7,9-16H,8H2,1-3H3,(H,30,33)(H,32,37)(H,34,35). The number of aromatic nitrogens is 7. The molecular formula is C28H26N8O. The number of carbonyl (C=O) groups excluding carboxylic acids is 1. The highest BCUT2D eigenvalue weighted by Crippen LogP contribution is 2.33. The molecule has 9 heteroatoms. The number of pyridine rings is 2. The maximum atomic E-state index is 12.2. The smallest absolute Gasteiger partial charge is 0.224 e. The maximum absolute atomic E-state index is 12.2. The molecule has 0 radical (unpaired) electrons. The number of aromatic amines is 2. The van der Waals surface area contributed by atoms with Crippen molar-refractivity contribution in [3.05, 3.63) is 73.2 Å². The number of nitrogens with zero attached hydrogens (tertiary/aromatic N) is 5. The number of rotatable bonds is 6. The van der Waals surface area contributed by atoms with Gasteiger partial charge in [0, 0.05) is 41.3 Å². The first-order valence-corrected chi connectivity index (χ1v) is 12.2. The molecule has 0 saturated carbocycles. The van der Waals surface area contributed by atoms with Crippen LogP contribution in [0, 0.1) is 12.8 Å². The van der Waals surface area contributed by atoms with Gasteiger partial charge in [-0.25, -0.2) is 9.97 Å². The molecule has 5 heterocycles. The Morgan fingerprint density at radius 1 is 1.05 bits per heavy atom. The fourth-order valence-electron chi connectivity index (χ4n) is 4.57. The fraction of sp³-hybridized carbons (Fsp3) is 0.179. The Morgan fingerprint density at radius 3 is 2.76 bits per heavy atom. The van der Waals surface area contributed by atoms with Gasteiger partial charge in [0.05, 0.1) is 40.8 Å². The molecule has 6 aromatic rings. The normalized spacial score (nSPS) is 11.6. The number of H-pyrrole nitrogens is 2. The maximum Gasteiger partial charge on any atom is 0.224 e. The zero-order valence-electron chi connectivity index (χ0n) is 20.8. The molecule has 0 aliphatic heterocycles. The van der Waals surface area contributed by atoms with Crippen LogP contribution in [0.3, 0.4) is 0 Å². The molecule has 0 saturated heterocycles. The van der Waals surface area contributed by atoms with Crippen molar-refractivity contribution in [2.24, 2.45) is 5.92 Å². The minimum atomic E-state index is -0.0147. The summed E-state index contributed by atoms with van der Waals surface area (Å²) >= 11 is 0. The van der Waals surface area contributed by atoms with E-state index in [1.165, 1.54) is 0 Å². The van der Waals surface area contributed by atoms with Gasteiger partial charge >= 0.3 is 0 Å². The van der Waals surface area contributed by atoms with Crippen LogP contribution >= 0.6 is 0 Å². The van der Waals surface area contributed by atoms with Crippen molar-refractivity contribution in [3.63, 3.8) is 0 Å². The van der Waals surface area contributed by atoms with Gasteiger partial charge in [0.1, 0.15) is 11.3 Å². The fourth-order valence-corrected chi connectivity index (χ4v) is 4.57. The Bertz CT molecular complexity index is 1760. The highest BCUT2D eigenvalue weighted by molar-refractivity contribution is 5.99. The van der Waals surface area contributed by atoms with Gasteiger partial charge in [0.25, 0.3) is 0 Å².